The lowest BCUT2D eigenvalue weighted by Gasteiger charge is -2.12. The Bertz CT molecular complexity index is 370. The molecule has 15 heavy (non-hydrogen) atoms. The predicted octanol–water partition coefficient (Wildman–Crippen LogP) is 2.05. The van der Waals surface area contributed by atoms with Crippen molar-refractivity contribution in [1.82, 2.24) is 0 Å². The highest BCUT2D eigenvalue weighted by Gasteiger charge is 2.18. The summed E-state index contributed by atoms with van der Waals surface area (Å²) in [6.45, 7) is 5.55. The molecule has 0 aliphatic carbocycles. The minimum Gasteiger partial charge on any atom is -0.507 e. The Hall–Kier alpha value is -1.35. The standard InChI is InChI=1S/C12H17NO2/c1-7(2)9-5-4-6-10(12(9)15)11(14)8(3)13/h4-8,15H,13H2,1-3H3. The molecule has 0 amide bonds. The van der Waals surface area contributed by atoms with Crippen molar-refractivity contribution in [3.63, 3.8) is 0 Å². The first-order valence-corrected chi connectivity index (χ1v) is 5.06. The summed E-state index contributed by atoms with van der Waals surface area (Å²) in [5.74, 6) is 0.0237. The Labute approximate surface area is 89.9 Å². The van der Waals surface area contributed by atoms with E-state index in [9.17, 15) is 9.90 Å². The first-order chi connectivity index (χ1) is 6.95. The quantitative estimate of drug-likeness (QED) is 0.745. The van der Waals surface area contributed by atoms with E-state index in [1.807, 2.05) is 19.9 Å². The summed E-state index contributed by atoms with van der Waals surface area (Å²) in [6.07, 6.45) is 0. The van der Waals surface area contributed by atoms with E-state index in [4.69, 9.17) is 5.73 Å². The Balaban J connectivity index is 3.21. The van der Waals surface area contributed by atoms with Gasteiger partial charge < -0.3 is 10.8 Å². The van der Waals surface area contributed by atoms with Gasteiger partial charge in [-0.2, -0.15) is 0 Å². The largest absolute Gasteiger partial charge is 0.507 e. The van der Waals surface area contributed by atoms with Crippen LogP contribution in [0.1, 0.15) is 42.6 Å². The van der Waals surface area contributed by atoms with Crippen molar-refractivity contribution in [3.05, 3.63) is 29.3 Å². The molecule has 1 atom stereocenters. The smallest absolute Gasteiger partial charge is 0.182 e. The van der Waals surface area contributed by atoms with E-state index in [1.54, 1.807) is 19.1 Å². The number of ketones is 1. The number of hydrogen-bond acceptors (Lipinski definition) is 3. The van der Waals surface area contributed by atoms with Gasteiger partial charge in [-0.05, 0) is 24.5 Å². The minimum atomic E-state index is -0.585. The summed E-state index contributed by atoms with van der Waals surface area (Å²) in [6, 6.07) is 4.61. The van der Waals surface area contributed by atoms with Gasteiger partial charge in [0.05, 0.1) is 11.6 Å². The zero-order valence-electron chi connectivity index (χ0n) is 9.32. The van der Waals surface area contributed by atoms with Gasteiger partial charge in [-0.1, -0.05) is 26.0 Å². The van der Waals surface area contributed by atoms with Crippen LogP contribution < -0.4 is 5.73 Å². The second kappa shape index (κ2) is 4.45. The van der Waals surface area contributed by atoms with Crippen LogP contribution in [0.5, 0.6) is 5.75 Å². The van der Waals surface area contributed by atoms with Gasteiger partial charge in [-0.3, -0.25) is 4.79 Å². The van der Waals surface area contributed by atoms with Crippen molar-refractivity contribution in [3.8, 4) is 5.75 Å². The second-order valence-electron chi connectivity index (χ2n) is 4.05. The number of carbonyl (C=O) groups excluding carboxylic acids is 1. The summed E-state index contributed by atoms with van der Waals surface area (Å²) >= 11 is 0. The number of phenols is 1. The summed E-state index contributed by atoms with van der Waals surface area (Å²) in [5.41, 5.74) is 6.60. The lowest BCUT2D eigenvalue weighted by molar-refractivity contribution is 0.0965. The number of nitrogens with two attached hydrogens (primary N) is 1. The van der Waals surface area contributed by atoms with Gasteiger partial charge in [0.1, 0.15) is 5.75 Å². The fourth-order valence-corrected chi connectivity index (χ4v) is 1.47. The van der Waals surface area contributed by atoms with Crippen molar-refractivity contribution in [2.75, 3.05) is 0 Å². The van der Waals surface area contributed by atoms with Crippen LogP contribution in [-0.2, 0) is 0 Å². The molecule has 0 aliphatic rings. The molecule has 82 valence electrons. The zero-order valence-corrected chi connectivity index (χ0v) is 9.32. The highest BCUT2D eigenvalue weighted by Crippen LogP contribution is 2.29. The summed E-state index contributed by atoms with van der Waals surface area (Å²) in [5, 5.41) is 9.90. The monoisotopic (exact) mass is 207 g/mol. The van der Waals surface area contributed by atoms with Crippen molar-refractivity contribution in [2.45, 2.75) is 32.7 Å². The molecule has 0 aliphatic heterocycles. The molecule has 0 aromatic heterocycles. The second-order valence-corrected chi connectivity index (χ2v) is 4.05. The first kappa shape index (κ1) is 11.7. The van der Waals surface area contributed by atoms with Crippen LogP contribution in [0, 0.1) is 0 Å². The maximum absolute atomic E-state index is 11.7. The highest BCUT2D eigenvalue weighted by molar-refractivity contribution is 6.02. The number of aromatic hydroxyl groups is 1. The Morgan fingerprint density at radius 2 is 1.93 bits per heavy atom. The van der Waals surface area contributed by atoms with Gasteiger partial charge in [-0.15, -0.1) is 0 Å². The molecule has 3 heteroatoms. The average Bonchev–Trinajstić information content (AvgIpc) is 2.16. The SMILES string of the molecule is CC(N)C(=O)c1cccc(C(C)C)c1O. The molecule has 1 aromatic rings. The molecule has 1 aromatic carbocycles. The van der Waals surface area contributed by atoms with Gasteiger partial charge in [0.2, 0.25) is 0 Å². The van der Waals surface area contributed by atoms with Crippen LogP contribution in [0.25, 0.3) is 0 Å². The summed E-state index contributed by atoms with van der Waals surface area (Å²) in [7, 11) is 0. The Kier molecular flexibility index (Phi) is 3.48. The number of hydrogen-bond donors (Lipinski definition) is 2. The molecule has 1 rings (SSSR count). The van der Waals surface area contributed by atoms with E-state index in [0.717, 1.165) is 5.56 Å². The van der Waals surface area contributed by atoms with Crippen LogP contribution >= 0.6 is 0 Å². The molecule has 0 bridgehead atoms. The molecule has 0 heterocycles. The summed E-state index contributed by atoms with van der Waals surface area (Å²) in [4.78, 5) is 11.7. The molecule has 0 saturated carbocycles. The highest BCUT2D eigenvalue weighted by atomic mass is 16.3. The van der Waals surface area contributed by atoms with Gasteiger partial charge in [-0.25, -0.2) is 0 Å². The fraction of sp³-hybridized carbons (Fsp3) is 0.417. The number of Topliss-reactive ketones (excluding diaryl/α,β-unsaturated/α-hetero) is 1. The van der Waals surface area contributed by atoms with E-state index in [-0.39, 0.29) is 17.5 Å². The molecule has 0 spiro atoms. The van der Waals surface area contributed by atoms with E-state index in [1.165, 1.54) is 0 Å². The molecule has 0 radical (unpaired) electrons. The molecule has 1 unspecified atom stereocenters. The number of benzene rings is 1. The molecule has 0 saturated heterocycles. The van der Waals surface area contributed by atoms with E-state index in [2.05, 4.69) is 0 Å². The fourth-order valence-electron chi connectivity index (χ4n) is 1.47. The van der Waals surface area contributed by atoms with Crippen molar-refractivity contribution >= 4 is 5.78 Å². The molecule has 0 fully saturated rings. The lowest BCUT2D eigenvalue weighted by atomic mass is 9.96. The van der Waals surface area contributed by atoms with Gasteiger partial charge in [0.15, 0.2) is 5.78 Å². The van der Waals surface area contributed by atoms with E-state index >= 15 is 0 Å². The zero-order chi connectivity index (χ0) is 11.6. The molecule has 3 nitrogen and oxygen atoms in total. The third-order valence-electron chi connectivity index (χ3n) is 2.37. The van der Waals surface area contributed by atoms with E-state index in [0.29, 0.717) is 5.56 Å². The molecular weight excluding hydrogens is 190 g/mol. The van der Waals surface area contributed by atoms with Crippen molar-refractivity contribution in [2.24, 2.45) is 5.73 Å². The van der Waals surface area contributed by atoms with Crippen LogP contribution in [0.4, 0.5) is 0 Å². The van der Waals surface area contributed by atoms with Crippen LogP contribution in [0.15, 0.2) is 18.2 Å². The first-order valence-electron chi connectivity index (χ1n) is 5.06. The van der Waals surface area contributed by atoms with Crippen LogP contribution in [-0.4, -0.2) is 16.9 Å². The topological polar surface area (TPSA) is 63.3 Å². The van der Waals surface area contributed by atoms with Gasteiger partial charge in [0, 0.05) is 0 Å². The van der Waals surface area contributed by atoms with E-state index < -0.39 is 6.04 Å². The number of carbonyl (C=O) groups is 1. The molecular formula is C12H17NO2. The normalized spacial score (nSPS) is 12.9. The van der Waals surface area contributed by atoms with Crippen molar-refractivity contribution in [1.29, 1.82) is 0 Å². The van der Waals surface area contributed by atoms with Crippen LogP contribution in [0.3, 0.4) is 0 Å². The molecule has 3 N–H and O–H groups in total. The third-order valence-corrected chi connectivity index (χ3v) is 2.37. The summed E-state index contributed by atoms with van der Waals surface area (Å²) < 4.78 is 0. The third kappa shape index (κ3) is 2.36. The minimum absolute atomic E-state index is 0.0646. The van der Waals surface area contributed by atoms with Crippen LogP contribution in [0.2, 0.25) is 0 Å². The van der Waals surface area contributed by atoms with Crippen molar-refractivity contribution < 1.29 is 9.90 Å². The number of rotatable bonds is 3. The Morgan fingerprint density at radius 3 is 2.40 bits per heavy atom. The Morgan fingerprint density at radius 1 is 1.33 bits per heavy atom. The maximum Gasteiger partial charge on any atom is 0.182 e. The average molecular weight is 207 g/mol. The predicted molar refractivity (Wildman–Crippen MR) is 60.2 cm³/mol. The number of para-hydroxylation sites is 1. The maximum atomic E-state index is 11.7. The number of phenolic OH excluding ortho intramolecular Hbond substituents is 1. The van der Waals surface area contributed by atoms with Gasteiger partial charge in [0.25, 0.3) is 0 Å². The van der Waals surface area contributed by atoms with Gasteiger partial charge >= 0.3 is 0 Å². The lowest BCUT2D eigenvalue weighted by Crippen LogP contribution is -2.26.